The summed E-state index contributed by atoms with van der Waals surface area (Å²) in [6.07, 6.45) is 4.99. The van der Waals surface area contributed by atoms with E-state index in [0.717, 1.165) is 24.9 Å². The summed E-state index contributed by atoms with van der Waals surface area (Å²) >= 11 is 0. The summed E-state index contributed by atoms with van der Waals surface area (Å²) < 4.78 is 12.9. The van der Waals surface area contributed by atoms with Gasteiger partial charge in [-0.3, -0.25) is 4.79 Å². The van der Waals surface area contributed by atoms with E-state index in [4.69, 9.17) is 0 Å². The van der Waals surface area contributed by atoms with Gasteiger partial charge in [-0.2, -0.15) is 0 Å². The van der Waals surface area contributed by atoms with Crippen LogP contribution in [0.4, 0.5) is 4.39 Å². The van der Waals surface area contributed by atoms with E-state index < -0.39 is 0 Å². The monoisotopic (exact) mass is 290 g/mol. The number of piperidine rings is 1. The van der Waals surface area contributed by atoms with Crippen molar-refractivity contribution in [2.45, 2.75) is 57.2 Å². The average molecular weight is 290 g/mol. The number of fused-ring (bicyclic) bond motifs is 2. The number of nitrogens with one attached hydrogen (secondary N) is 1. The van der Waals surface area contributed by atoms with Crippen molar-refractivity contribution in [3.8, 4) is 0 Å². The number of carbonyl (C=O) groups is 1. The zero-order valence-electron chi connectivity index (χ0n) is 12.5. The van der Waals surface area contributed by atoms with Gasteiger partial charge >= 0.3 is 0 Å². The standard InChI is InChI=1S/C17H23FN2O/c1-2-20(16-10-14-7-8-15(11-16)19-14)17(21)9-12-3-5-13(18)6-4-12/h3-6,14-16,19H,2,7-11H2,1H3. The first-order chi connectivity index (χ1) is 10.2. The first kappa shape index (κ1) is 14.5. The van der Waals surface area contributed by atoms with Crippen LogP contribution in [0, 0.1) is 5.82 Å². The Morgan fingerprint density at radius 2 is 1.86 bits per heavy atom. The van der Waals surface area contributed by atoms with Gasteiger partial charge in [-0.05, 0) is 50.3 Å². The van der Waals surface area contributed by atoms with Gasteiger partial charge in [0.05, 0.1) is 6.42 Å². The van der Waals surface area contributed by atoms with Gasteiger partial charge < -0.3 is 10.2 Å². The van der Waals surface area contributed by atoms with Gasteiger partial charge in [-0.25, -0.2) is 4.39 Å². The lowest BCUT2D eigenvalue weighted by Crippen LogP contribution is -2.50. The number of rotatable bonds is 4. The fraction of sp³-hybridized carbons (Fsp3) is 0.588. The zero-order valence-corrected chi connectivity index (χ0v) is 12.5. The van der Waals surface area contributed by atoms with Crippen LogP contribution < -0.4 is 5.32 Å². The second kappa shape index (κ2) is 6.14. The molecule has 3 nitrogen and oxygen atoms in total. The van der Waals surface area contributed by atoms with Crippen molar-refractivity contribution in [3.05, 3.63) is 35.6 Å². The first-order valence-electron chi connectivity index (χ1n) is 7.95. The van der Waals surface area contributed by atoms with Crippen molar-refractivity contribution in [1.29, 1.82) is 0 Å². The van der Waals surface area contributed by atoms with Crippen LogP contribution in [0.25, 0.3) is 0 Å². The Hall–Kier alpha value is -1.42. The van der Waals surface area contributed by atoms with E-state index in [1.807, 2.05) is 11.8 Å². The molecule has 2 saturated heterocycles. The number of likely N-dealkylation sites (N-methyl/N-ethyl adjacent to an activating group) is 1. The summed E-state index contributed by atoms with van der Waals surface area (Å²) in [6.45, 7) is 2.80. The largest absolute Gasteiger partial charge is 0.340 e. The second-order valence-electron chi connectivity index (χ2n) is 6.25. The summed E-state index contributed by atoms with van der Waals surface area (Å²) in [5.41, 5.74) is 0.886. The van der Waals surface area contributed by atoms with Crippen molar-refractivity contribution in [2.75, 3.05) is 6.54 Å². The Balaban J connectivity index is 1.65. The molecule has 1 N–H and O–H groups in total. The van der Waals surface area contributed by atoms with Crippen LogP contribution in [0.3, 0.4) is 0 Å². The molecule has 0 aromatic heterocycles. The van der Waals surface area contributed by atoms with Crippen molar-refractivity contribution < 1.29 is 9.18 Å². The van der Waals surface area contributed by atoms with Gasteiger partial charge in [-0.15, -0.1) is 0 Å². The van der Waals surface area contributed by atoms with Crippen molar-refractivity contribution in [2.24, 2.45) is 0 Å². The third-order valence-corrected chi connectivity index (χ3v) is 4.82. The molecule has 0 aliphatic carbocycles. The topological polar surface area (TPSA) is 32.3 Å². The van der Waals surface area contributed by atoms with Crippen molar-refractivity contribution >= 4 is 5.91 Å². The number of nitrogens with zero attached hydrogens (tertiary/aromatic N) is 1. The molecule has 2 bridgehead atoms. The molecule has 0 radical (unpaired) electrons. The third-order valence-electron chi connectivity index (χ3n) is 4.82. The highest BCUT2D eigenvalue weighted by Crippen LogP contribution is 2.30. The van der Waals surface area contributed by atoms with E-state index in [2.05, 4.69) is 5.32 Å². The Labute approximate surface area is 125 Å². The number of carbonyl (C=O) groups excluding carboxylic acids is 1. The maximum Gasteiger partial charge on any atom is 0.227 e. The Morgan fingerprint density at radius 1 is 1.24 bits per heavy atom. The number of hydrogen-bond acceptors (Lipinski definition) is 2. The van der Waals surface area contributed by atoms with Crippen LogP contribution >= 0.6 is 0 Å². The fourth-order valence-electron chi connectivity index (χ4n) is 3.80. The molecule has 114 valence electrons. The molecule has 2 aliphatic heterocycles. The molecule has 2 aliphatic rings. The minimum atomic E-state index is -0.256. The number of benzene rings is 1. The summed E-state index contributed by atoms with van der Waals surface area (Å²) in [5, 5.41) is 3.61. The third kappa shape index (κ3) is 3.26. The molecule has 21 heavy (non-hydrogen) atoms. The van der Waals surface area contributed by atoms with E-state index >= 15 is 0 Å². The average Bonchev–Trinajstić information content (AvgIpc) is 2.81. The molecule has 0 saturated carbocycles. The summed E-state index contributed by atoms with van der Waals surface area (Å²) in [7, 11) is 0. The van der Waals surface area contributed by atoms with Crippen LogP contribution in [0.2, 0.25) is 0 Å². The lowest BCUT2D eigenvalue weighted by atomic mass is 9.97. The Kier molecular flexibility index (Phi) is 4.24. The number of amides is 1. The molecule has 1 aromatic carbocycles. The van der Waals surface area contributed by atoms with E-state index in [0.29, 0.717) is 24.5 Å². The minimum Gasteiger partial charge on any atom is -0.340 e. The summed E-state index contributed by atoms with van der Waals surface area (Å²) in [6, 6.07) is 7.78. The highest BCUT2D eigenvalue weighted by atomic mass is 19.1. The van der Waals surface area contributed by atoms with E-state index in [1.165, 1.54) is 25.0 Å². The van der Waals surface area contributed by atoms with Crippen LogP contribution in [0.5, 0.6) is 0 Å². The molecule has 0 spiro atoms. The highest BCUT2D eigenvalue weighted by Gasteiger charge is 2.36. The molecule has 1 amide bonds. The predicted molar refractivity (Wildman–Crippen MR) is 80.5 cm³/mol. The molecule has 2 unspecified atom stereocenters. The second-order valence-corrected chi connectivity index (χ2v) is 6.25. The van der Waals surface area contributed by atoms with Crippen molar-refractivity contribution in [1.82, 2.24) is 10.2 Å². The van der Waals surface area contributed by atoms with Gasteiger partial charge in [-0.1, -0.05) is 12.1 Å². The summed E-state index contributed by atoms with van der Waals surface area (Å²) in [4.78, 5) is 14.6. The number of halogens is 1. The molecule has 1 aromatic rings. The molecular formula is C17H23FN2O. The van der Waals surface area contributed by atoms with Crippen LogP contribution in [-0.4, -0.2) is 35.5 Å². The van der Waals surface area contributed by atoms with Gasteiger partial charge in [0, 0.05) is 24.7 Å². The molecular weight excluding hydrogens is 267 g/mol. The highest BCUT2D eigenvalue weighted by molar-refractivity contribution is 5.79. The van der Waals surface area contributed by atoms with Gasteiger partial charge in [0.15, 0.2) is 0 Å². The number of hydrogen-bond donors (Lipinski definition) is 1. The Bertz CT molecular complexity index is 490. The minimum absolute atomic E-state index is 0.162. The lowest BCUT2D eigenvalue weighted by Gasteiger charge is -2.37. The molecule has 3 rings (SSSR count). The zero-order chi connectivity index (χ0) is 14.8. The predicted octanol–water partition coefficient (Wildman–Crippen LogP) is 2.50. The normalized spacial score (nSPS) is 27.6. The molecule has 4 heteroatoms. The maximum absolute atomic E-state index is 12.9. The maximum atomic E-state index is 12.9. The first-order valence-corrected chi connectivity index (χ1v) is 7.95. The van der Waals surface area contributed by atoms with Crippen molar-refractivity contribution in [3.63, 3.8) is 0 Å². The lowest BCUT2D eigenvalue weighted by molar-refractivity contribution is -0.133. The Morgan fingerprint density at radius 3 is 2.43 bits per heavy atom. The van der Waals surface area contributed by atoms with Crippen LogP contribution in [0.15, 0.2) is 24.3 Å². The summed E-state index contributed by atoms with van der Waals surface area (Å²) in [5.74, 6) is -0.0936. The van der Waals surface area contributed by atoms with E-state index in [9.17, 15) is 9.18 Å². The van der Waals surface area contributed by atoms with Crippen LogP contribution in [-0.2, 0) is 11.2 Å². The molecule has 2 atom stereocenters. The molecule has 2 fully saturated rings. The van der Waals surface area contributed by atoms with Gasteiger partial charge in [0.25, 0.3) is 0 Å². The SMILES string of the molecule is CCN(C(=O)Cc1ccc(F)cc1)C1CC2CCC(C1)N2. The smallest absolute Gasteiger partial charge is 0.227 e. The van der Waals surface area contributed by atoms with Gasteiger partial charge in [0.1, 0.15) is 5.82 Å². The fourth-order valence-corrected chi connectivity index (χ4v) is 3.80. The quantitative estimate of drug-likeness (QED) is 0.924. The molecule has 2 heterocycles. The van der Waals surface area contributed by atoms with Gasteiger partial charge in [0.2, 0.25) is 5.91 Å². The van der Waals surface area contributed by atoms with Crippen LogP contribution in [0.1, 0.15) is 38.2 Å². The van der Waals surface area contributed by atoms with E-state index in [-0.39, 0.29) is 11.7 Å². The van der Waals surface area contributed by atoms with E-state index in [1.54, 1.807) is 12.1 Å².